The molecular formula is C18H20N4O4. The fourth-order valence-electron chi connectivity index (χ4n) is 2.58. The summed E-state index contributed by atoms with van der Waals surface area (Å²) < 4.78 is 13.0. The standard InChI is InChI=1S/C18H20N4O4/c1-25-9-6-19-17(23)12-21-7-8-22-16(18(21)24)11-15(20-22)13-4-3-5-14(10-13)26-2/h3-5,7-8,10-11H,6,9,12H2,1-2H3,(H,19,23). The van der Waals surface area contributed by atoms with E-state index in [-0.39, 0.29) is 18.0 Å². The quantitative estimate of drug-likeness (QED) is 0.637. The van der Waals surface area contributed by atoms with Gasteiger partial charge in [0.2, 0.25) is 5.91 Å². The van der Waals surface area contributed by atoms with Crippen molar-refractivity contribution in [2.45, 2.75) is 6.54 Å². The fourth-order valence-corrected chi connectivity index (χ4v) is 2.58. The number of fused-ring (bicyclic) bond motifs is 1. The van der Waals surface area contributed by atoms with Gasteiger partial charge in [-0.15, -0.1) is 0 Å². The number of ether oxygens (including phenoxy) is 2. The molecule has 0 radical (unpaired) electrons. The van der Waals surface area contributed by atoms with Crippen LogP contribution in [0.25, 0.3) is 16.8 Å². The van der Waals surface area contributed by atoms with Crippen molar-refractivity contribution >= 4 is 11.4 Å². The maximum atomic E-state index is 12.6. The van der Waals surface area contributed by atoms with Gasteiger partial charge in [-0.1, -0.05) is 12.1 Å². The lowest BCUT2D eigenvalue weighted by atomic mass is 10.1. The highest BCUT2D eigenvalue weighted by atomic mass is 16.5. The number of rotatable bonds is 7. The Morgan fingerprint density at radius 2 is 2.08 bits per heavy atom. The van der Waals surface area contributed by atoms with Crippen molar-refractivity contribution in [1.82, 2.24) is 19.5 Å². The molecular weight excluding hydrogens is 336 g/mol. The minimum Gasteiger partial charge on any atom is -0.497 e. The Labute approximate surface area is 150 Å². The molecule has 26 heavy (non-hydrogen) atoms. The van der Waals surface area contributed by atoms with Crippen LogP contribution in [0.3, 0.4) is 0 Å². The molecule has 0 fully saturated rings. The third kappa shape index (κ3) is 3.75. The van der Waals surface area contributed by atoms with Crippen molar-refractivity contribution < 1.29 is 14.3 Å². The van der Waals surface area contributed by atoms with Gasteiger partial charge in [0.15, 0.2) is 0 Å². The Morgan fingerprint density at radius 3 is 2.85 bits per heavy atom. The van der Waals surface area contributed by atoms with E-state index < -0.39 is 0 Å². The molecule has 3 aromatic rings. The van der Waals surface area contributed by atoms with Crippen molar-refractivity contribution in [2.75, 3.05) is 27.4 Å². The number of amides is 1. The minimum absolute atomic E-state index is 0.0568. The van der Waals surface area contributed by atoms with Crippen LogP contribution in [0.1, 0.15) is 0 Å². The predicted octanol–water partition coefficient (Wildman–Crippen LogP) is 0.934. The number of methoxy groups -OCH3 is 2. The number of nitrogens with one attached hydrogen (secondary N) is 1. The van der Waals surface area contributed by atoms with Crippen molar-refractivity contribution in [3.05, 3.63) is 53.1 Å². The largest absolute Gasteiger partial charge is 0.497 e. The summed E-state index contributed by atoms with van der Waals surface area (Å²) in [6, 6.07) is 9.15. The van der Waals surface area contributed by atoms with Gasteiger partial charge >= 0.3 is 0 Å². The molecule has 0 saturated heterocycles. The van der Waals surface area contributed by atoms with Crippen molar-refractivity contribution in [3.8, 4) is 17.0 Å². The van der Waals surface area contributed by atoms with E-state index in [2.05, 4.69) is 10.4 Å². The summed E-state index contributed by atoms with van der Waals surface area (Å²) in [5, 5.41) is 7.12. The molecule has 0 unspecified atom stereocenters. The molecule has 0 aliphatic heterocycles. The lowest BCUT2D eigenvalue weighted by Crippen LogP contribution is -2.34. The molecule has 2 heterocycles. The Hall–Kier alpha value is -3.13. The Bertz CT molecular complexity index is 977. The van der Waals surface area contributed by atoms with Crippen LogP contribution in [-0.4, -0.2) is 47.5 Å². The van der Waals surface area contributed by atoms with Crippen LogP contribution >= 0.6 is 0 Å². The molecule has 2 aromatic heterocycles. The minimum atomic E-state index is -0.281. The monoisotopic (exact) mass is 356 g/mol. The number of carbonyl (C=O) groups excluding carboxylic acids is 1. The van der Waals surface area contributed by atoms with Crippen molar-refractivity contribution in [3.63, 3.8) is 0 Å². The van der Waals surface area contributed by atoms with Crippen LogP contribution in [0, 0.1) is 0 Å². The summed E-state index contributed by atoms with van der Waals surface area (Å²) in [6.07, 6.45) is 3.20. The molecule has 3 rings (SSSR count). The third-order valence-corrected chi connectivity index (χ3v) is 3.91. The van der Waals surface area contributed by atoms with Gasteiger partial charge in [0.05, 0.1) is 19.4 Å². The second kappa shape index (κ2) is 7.83. The van der Waals surface area contributed by atoms with E-state index in [9.17, 15) is 9.59 Å². The molecule has 0 aliphatic carbocycles. The van der Waals surface area contributed by atoms with Gasteiger partial charge in [-0.05, 0) is 18.2 Å². The maximum absolute atomic E-state index is 12.6. The highest BCUT2D eigenvalue weighted by Crippen LogP contribution is 2.22. The SMILES string of the molecule is COCCNC(=O)Cn1ccn2nc(-c3cccc(OC)c3)cc2c1=O. The van der Waals surface area contributed by atoms with E-state index in [4.69, 9.17) is 9.47 Å². The normalized spacial score (nSPS) is 10.8. The lowest BCUT2D eigenvalue weighted by Gasteiger charge is -2.07. The van der Waals surface area contributed by atoms with Crippen molar-refractivity contribution in [2.24, 2.45) is 0 Å². The summed E-state index contributed by atoms with van der Waals surface area (Å²) in [5.74, 6) is 0.464. The zero-order valence-corrected chi connectivity index (χ0v) is 14.6. The molecule has 1 N–H and O–H groups in total. The van der Waals surface area contributed by atoms with Gasteiger partial charge in [0.1, 0.15) is 17.8 Å². The van der Waals surface area contributed by atoms with Crippen LogP contribution in [-0.2, 0) is 16.1 Å². The molecule has 0 bridgehead atoms. The Morgan fingerprint density at radius 1 is 1.23 bits per heavy atom. The predicted molar refractivity (Wildman–Crippen MR) is 96.3 cm³/mol. The van der Waals surface area contributed by atoms with Gasteiger partial charge in [0.25, 0.3) is 5.56 Å². The molecule has 0 spiro atoms. The molecule has 0 atom stereocenters. The molecule has 8 nitrogen and oxygen atoms in total. The smallest absolute Gasteiger partial charge is 0.277 e. The fraction of sp³-hybridized carbons (Fsp3) is 0.278. The number of hydrogen-bond donors (Lipinski definition) is 1. The molecule has 8 heteroatoms. The first-order valence-corrected chi connectivity index (χ1v) is 8.11. The number of hydrogen-bond acceptors (Lipinski definition) is 5. The zero-order chi connectivity index (χ0) is 18.5. The Balaban J connectivity index is 1.87. The lowest BCUT2D eigenvalue weighted by molar-refractivity contribution is -0.121. The molecule has 136 valence electrons. The number of nitrogens with zero attached hydrogens (tertiary/aromatic N) is 3. The highest BCUT2D eigenvalue weighted by molar-refractivity contribution is 5.76. The first kappa shape index (κ1) is 17.7. The third-order valence-electron chi connectivity index (χ3n) is 3.91. The van der Waals surface area contributed by atoms with Gasteiger partial charge < -0.3 is 19.4 Å². The van der Waals surface area contributed by atoms with Gasteiger partial charge in [-0.25, -0.2) is 4.52 Å². The van der Waals surface area contributed by atoms with Crippen LogP contribution in [0.4, 0.5) is 0 Å². The van der Waals surface area contributed by atoms with E-state index in [1.54, 1.807) is 32.7 Å². The topological polar surface area (TPSA) is 86.9 Å². The molecule has 0 aliphatic rings. The first-order valence-electron chi connectivity index (χ1n) is 8.11. The van der Waals surface area contributed by atoms with Crippen molar-refractivity contribution in [1.29, 1.82) is 0 Å². The van der Waals surface area contributed by atoms with Crippen LogP contribution < -0.4 is 15.6 Å². The number of aromatic nitrogens is 3. The second-order valence-corrected chi connectivity index (χ2v) is 5.67. The van der Waals surface area contributed by atoms with Gasteiger partial charge in [0, 0.05) is 31.6 Å². The Kier molecular flexibility index (Phi) is 5.33. The summed E-state index contributed by atoms with van der Waals surface area (Å²) >= 11 is 0. The van der Waals surface area contributed by atoms with E-state index >= 15 is 0 Å². The summed E-state index contributed by atoms with van der Waals surface area (Å²) in [5.41, 5.74) is 1.62. The summed E-state index contributed by atoms with van der Waals surface area (Å²) in [7, 11) is 3.16. The number of benzene rings is 1. The van der Waals surface area contributed by atoms with Crippen LogP contribution in [0.5, 0.6) is 5.75 Å². The zero-order valence-electron chi connectivity index (χ0n) is 14.6. The van der Waals surface area contributed by atoms with E-state index in [0.717, 1.165) is 5.56 Å². The number of carbonyl (C=O) groups is 1. The second-order valence-electron chi connectivity index (χ2n) is 5.67. The maximum Gasteiger partial charge on any atom is 0.277 e. The van der Waals surface area contributed by atoms with Crippen LogP contribution in [0.2, 0.25) is 0 Å². The average Bonchev–Trinajstić information content (AvgIpc) is 3.09. The van der Waals surface area contributed by atoms with E-state index in [1.165, 1.54) is 9.08 Å². The first-order chi connectivity index (χ1) is 12.6. The average molecular weight is 356 g/mol. The summed E-state index contributed by atoms with van der Waals surface area (Å²) in [4.78, 5) is 24.5. The molecule has 1 amide bonds. The molecule has 0 saturated carbocycles. The van der Waals surface area contributed by atoms with E-state index in [0.29, 0.717) is 30.1 Å². The molecule has 1 aromatic carbocycles. The summed E-state index contributed by atoms with van der Waals surface area (Å²) in [6.45, 7) is 0.768. The van der Waals surface area contributed by atoms with Crippen LogP contribution in [0.15, 0.2) is 47.5 Å². The van der Waals surface area contributed by atoms with Gasteiger partial charge in [-0.2, -0.15) is 5.10 Å². The highest BCUT2D eigenvalue weighted by Gasteiger charge is 2.11. The van der Waals surface area contributed by atoms with E-state index in [1.807, 2.05) is 24.3 Å². The van der Waals surface area contributed by atoms with Gasteiger partial charge in [-0.3, -0.25) is 9.59 Å².